The van der Waals surface area contributed by atoms with Gasteiger partial charge >= 0.3 is 0 Å². The number of nitrogens with one attached hydrogen (secondary N) is 1. The van der Waals surface area contributed by atoms with Crippen molar-refractivity contribution in [2.75, 3.05) is 19.6 Å². The highest BCUT2D eigenvalue weighted by molar-refractivity contribution is 4.87. The van der Waals surface area contributed by atoms with Crippen molar-refractivity contribution < 1.29 is 0 Å². The Morgan fingerprint density at radius 3 is 2.70 bits per heavy atom. The molecule has 0 spiro atoms. The molecule has 3 rings (SSSR count). The van der Waals surface area contributed by atoms with Crippen molar-refractivity contribution in [1.82, 2.24) is 10.2 Å². The van der Waals surface area contributed by atoms with Crippen molar-refractivity contribution >= 4 is 0 Å². The maximum Gasteiger partial charge on any atom is 0.0124 e. The van der Waals surface area contributed by atoms with Crippen LogP contribution >= 0.6 is 0 Å². The SMILES string of the molecule is CC1CCCC(NCCN2CCC[C@H]3CCCC[C@H]32)C1. The Kier molecular flexibility index (Phi) is 5.39. The summed E-state index contributed by atoms with van der Waals surface area (Å²) in [5.74, 6) is 1.98. The zero-order valence-corrected chi connectivity index (χ0v) is 13.4. The van der Waals surface area contributed by atoms with Gasteiger partial charge in [0.25, 0.3) is 0 Å². The van der Waals surface area contributed by atoms with Crippen LogP contribution in [-0.4, -0.2) is 36.6 Å². The first kappa shape index (κ1) is 14.8. The van der Waals surface area contributed by atoms with Crippen molar-refractivity contribution in [3.8, 4) is 0 Å². The Morgan fingerprint density at radius 1 is 0.950 bits per heavy atom. The number of hydrogen-bond donors (Lipinski definition) is 1. The molecule has 4 atom stereocenters. The Hall–Kier alpha value is -0.0800. The number of rotatable bonds is 4. The summed E-state index contributed by atoms with van der Waals surface area (Å²) in [6.07, 6.45) is 14.6. The van der Waals surface area contributed by atoms with Gasteiger partial charge in [-0.05, 0) is 56.9 Å². The number of fused-ring (bicyclic) bond motifs is 1. The first-order valence-electron chi connectivity index (χ1n) is 9.30. The van der Waals surface area contributed by atoms with Gasteiger partial charge < -0.3 is 5.32 Å². The van der Waals surface area contributed by atoms with Gasteiger partial charge in [0.1, 0.15) is 0 Å². The largest absolute Gasteiger partial charge is 0.313 e. The molecule has 0 aromatic rings. The monoisotopic (exact) mass is 278 g/mol. The molecule has 1 aliphatic heterocycles. The number of hydrogen-bond acceptors (Lipinski definition) is 2. The zero-order chi connectivity index (χ0) is 13.8. The second kappa shape index (κ2) is 7.26. The Morgan fingerprint density at radius 2 is 1.80 bits per heavy atom. The van der Waals surface area contributed by atoms with Crippen LogP contribution in [-0.2, 0) is 0 Å². The maximum absolute atomic E-state index is 3.85. The molecule has 0 aromatic carbocycles. The first-order valence-corrected chi connectivity index (χ1v) is 9.30. The summed E-state index contributed by atoms with van der Waals surface area (Å²) in [6, 6.07) is 1.75. The molecule has 1 saturated heterocycles. The molecule has 0 aromatic heterocycles. The van der Waals surface area contributed by atoms with Crippen molar-refractivity contribution in [3.05, 3.63) is 0 Å². The minimum absolute atomic E-state index is 0.811. The lowest BCUT2D eigenvalue weighted by Gasteiger charge is -2.44. The molecule has 2 unspecified atom stereocenters. The number of piperidine rings is 1. The van der Waals surface area contributed by atoms with E-state index in [-0.39, 0.29) is 0 Å². The lowest BCUT2D eigenvalue weighted by molar-refractivity contribution is 0.0607. The molecule has 116 valence electrons. The third kappa shape index (κ3) is 3.76. The summed E-state index contributed by atoms with van der Waals surface area (Å²) >= 11 is 0. The van der Waals surface area contributed by atoms with Gasteiger partial charge in [-0.15, -0.1) is 0 Å². The summed E-state index contributed by atoms with van der Waals surface area (Å²) in [5.41, 5.74) is 0. The number of nitrogens with zero attached hydrogens (tertiary/aromatic N) is 1. The van der Waals surface area contributed by atoms with Gasteiger partial charge in [-0.1, -0.05) is 32.6 Å². The van der Waals surface area contributed by atoms with E-state index in [1.54, 1.807) is 0 Å². The molecule has 2 heteroatoms. The number of likely N-dealkylation sites (tertiary alicyclic amines) is 1. The summed E-state index contributed by atoms with van der Waals surface area (Å²) in [4.78, 5) is 2.83. The highest BCUT2D eigenvalue weighted by atomic mass is 15.2. The zero-order valence-electron chi connectivity index (χ0n) is 13.4. The van der Waals surface area contributed by atoms with Crippen LogP contribution in [0.5, 0.6) is 0 Å². The van der Waals surface area contributed by atoms with Crippen LogP contribution in [0.2, 0.25) is 0 Å². The molecular formula is C18H34N2. The van der Waals surface area contributed by atoms with E-state index < -0.39 is 0 Å². The van der Waals surface area contributed by atoms with Crippen LogP contribution in [0, 0.1) is 11.8 Å². The molecule has 3 fully saturated rings. The van der Waals surface area contributed by atoms with E-state index in [1.165, 1.54) is 83.8 Å². The lowest BCUT2D eigenvalue weighted by Crippen LogP contribution is -2.49. The molecule has 20 heavy (non-hydrogen) atoms. The van der Waals surface area contributed by atoms with Gasteiger partial charge in [-0.2, -0.15) is 0 Å². The van der Waals surface area contributed by atoms with Crippen LogP contribution in [0.1, 0.15) is 71.1 Å². The molecule has 0 radical (unpaired) electrons. The normalized spacial score (nSPS) is 39.5. The summed E-state index contributed by atoms with van der Waals surface area (Å²) in [5, 5.41) is 3.85. The van der Waals surface area contributed by atoms with Crippen molar-refractivity contribution in [2.24, 2.45) is 11.8 Å². The average molecular weight is 278 g/mol. The van der Waals surface area contributed by atoms with Crippen LogP contribution in [0.3, 0.4) is 0 Å². The summed E-state index contributed by atoms with van der Waals surface area (Å²) in [7, 11) is 0. The molecule has 1 N–H and O–H groups in total. The molecular weight excluding hydrogens is 244 g/mol. The van der Waals surface area contributed by atoms with Gasteiger partial charge in [-0.25, -0.2) is 0 Å². The van der Waals surface area contributed by atoms with Crippen molar-refractivity contribution in [1.29, 1.82) is 0 Å². The fraction of sp³-hybridized carbons (Fsp3) is 1.00. The third-order valence-electron chi connectivity index (χ3n) is 6.13. The molecule has 0 amide bonds. The molecule has 2 aliphatic carbocycles. The van der Waals surface area contributed by atoms with Crippen LogP contribution in [0.15, 0.2) is 0 Å². The summed E-state index contributed by atoms with van der Waals surface area (Å²) in [6.45, 7) is 6.31. The fourth-order valence-corrected chi connectivity index (χ4v) is 5.04. The maximum atomic E-state index is 3.85. The topological polar surface area (TPSA) is 15.3 Å². The Bertz CT molecular complexity index is 289. The first-order chi connectivity index (χ1) is 9.83. The van der Waals surface area contributed by atoms with E-state index in [1.807, 2.05) is 0 Å². The standard InChI is InChI=1S/C18H34N2/c1-15-6-4-9-17(14-15)19-11-13-20-12-5-8-16-7-2-3-10-18(16)20/h15-19H,2-14H2,1H3/t15?,16-,17?,18-/m1/s1. The molecule has 1 heterocycles. The predicted octanol–water partition coefficient (Wildman–Crippen LogP) is 3.81. The minimum atomic E-state index is 0.811. The molecule has 2 saturated carbocycles. The average Bonchev–Trinajstić information content (AvgIpc) is 2.48. The van der Waals surface area contributed by atoms with E-state index in [2.05, 4.69) is 17.1 Å². The smallest absolute Gasteiger partial charge is 0.0124 e. The van der Waals surface area contributed by atoms with Gasteiger partial charge in [0.15, 0.2) is 0 Å². The van der Waals surface area contributed by atoms with Crippen molar-refractivity contribution in [2.45, 2.75) is 83.2 Å². The van der Waals surface area contributed by atoms with Crippen LogP contribution in [0.25, 0.3) is 0 Å². The van der Waals surface area contributed by atoms with Gasteiger partial charge in [-0.3, -0.25) is 4.90 Å². The predicted molar refractivity (Wildman–Crippen MR) is 86.0 cm³/mol. The molecule has 0 bridgehead atoms. The van der Waals surface area contributed by atoms with Crippen LogP contribution in [0.4, 0.5) is 0 Å². The quantitative estimate of drug-likeness (QED) is 0.841. The highest BCUT2D eigenvalue weighted by Crippen LogP contribution is 2.34. The van der Waals surface area contributed by atoms with Crippen molar-refractivity contribution in [3.63, 3.8) is 0 Å². The second-order valence-electron chi connectivity index (χ2n) is 7.71. The minimum Gasteiger partial charge on any atom is -0.313 e. The van der Waals surface area contributed by atoms with Gasteiger partial charge in [0.2, 0.25) is 0 Å². The second-order valence-corrected chi connectivity index (χ2v) is 7.71. The van der Waals surface area contributed by atoms with Gasteiger partial charge in [0, 0.05) is 25.2 Å². The third-order valence-corrected chi connectivity index (χ3v) is 6.13. The Labute approximate surface area is 125 Å². The fourth-order valence-electron chi connectivity index (χ4n) is 5.04. The van der Waals surface area contributed by atoms with E-state index in [9.17, 15) is 0 Å². The van der Waals surface area contributed by atoms with E-state index >= 15 is 0 Å². The Balaban J connectivity index is 1.41. The summed E-state index contributed by atoms with van der Waals surface area (Å²) < 4.78 is 0. The van der Waals surface area contributed by atoms with E-state index in [0.29, 0.717) is 0 Å². The van der Waals surface area contributed by atoms with E-state index in [4.69, 9.17) is 0 Å². The van der Waals surface area contributed by atoms with Crippen LogP contribution < -0.4 is 5.32 Å². The molecule has 2 nitrogen and oxygen atoms in total. The molecule has 3 aliphatic rings. The lowest BCUT2D eigenvalue weighted by atomic mass is 9.78. The highest BCUT2D eigenvalue weighted by Gasteiger charge is 2.32. The van der Waals surface area contributed by atoms with E-state index in [0.717, 1.165) is 23.9 Å². The van der Waals surface area contributed by atoms with Gasteiger partial charge in [0.05, 0.1) is 0 Å².